The molecule has 0 unspecified atom stereocenters. The summed E-state index contributed by atoms with van der Waals surface area (Å²) in [6.45, 7) is 4.61. The molecule has 1 aromatic carbocycles. The average Bonchev–Trinajstić information content (AvgIpc) is 2.16. The van der Waals surface area contributed by atoms with Crippen LogP contribution in [0, 0.1) is 0 Å². The lowest BCUT2D eigenvalue weighted by Crippen LogP contribution is -2.40. The van der Waals surface area contributed by atoms with Crippen molar-refractivity contribution in [3.63, 3.8) is 0 Å². The van der Waals surface area contributed by atoms with Crippen molar-refractivity contribution < 1.29 is 0 Å². The molecule has 1 N–H and O–H groups in total. The van der Waals surface area contributed by atoms with E-state index in [0.29, 0.717) is 12.0 Å². The van der Waals surface area contributed by atoms with Crippen LogP contribution >= 0.6 is 11.6 Å². The third-order valence-corrected chi connectivity index (χ3v) is 3.24. The number of rotatable bonds is 4. The molecule has 0 spiro atoms. The lowest BCUT2D eigenvalue weighted by molar-refractivity contribution is 0.300. The number of hydrogen-bond donors (Lipinski definition) is 1. The second-order valence-corrected chi connectivity index (χ2v) is 4.55. The van der Waals surface area contributed by atoms with Gasteiger partial charge in [0.1, 0.15) is 0 Å². The van der Waals surface area contributed by atoms with Crippen molar-refractivity contribution in [2.45, 2.75) is 24.8 Å². The maximum atomic E-state index is 5.96. The summed E-state index contributed by atoms with van der Waals surface area (Å²) in [5.41, 5.74) is 1.37. The predicted molar refractivity (Wildman–Crippen MR) is 65.4 cm³/mol. The molecule has 0 aromatic heterocycles. The molecule has 2 rings (SSSR count). The van der Waals surface area contributed by atoms with Crippen LogP contribution in [0.2, 0.25) is 5.02 Å². The molecule has 1 saturated carbocycles. The van der Waals surface area contributed by atoms with Gasteiger partial charge in [-0.25, -0.2) is 0 Å². The van der Waals surface area contributed by atoms with Crippen LogP contribution in [0.25, 0.3) is 0 Å². The number of halogens is 1. The Bertz CT molecular complexity index is 342. The van der Waals surface area contributed by atoms with Crippen molar-refractivity contribution in [2.75, 3.05) is 6.54 Å². The molecule has 0 amide bonds. The molecule has 0 atom stereocenters. The van der Waals surface area contributed by atoms with Crippen LogP contribution in [-0.4, -0.2) is 12.6 Å². The van der Waals surface area contributed by atoms with Gasteiger partial charge in [0.15, 0.2) is 0 Å². The first-order chi connectivity index (χ1) is 7.29. The molecule has 80 valence electrons. The molecule has 0 bridgehead atoms. The highest BCUT2D eigenvalue weighted by molar-refractivity contribution is 6.30. The molecule has 1 aliphatic carbocycles. The maximum absolute atomic E-state index is 5.96. The van der Waals surface area contributed by atoms with E-state index in [2.05, 4.69) is 24.0 Å². The zero-order valence-electron chi connectivity index (χ0n) is 8.75. The molecule has 0 radical (unpaired) electrons. The molecule has 1 aromatic rings. The lowest BCUT2D eigenvalue weighted by atomic mass is 9.76. The van der Waals surface area contributed by atoms with Gasteiger partial charge in [-0.2, -0.15) is 0 Å². The zero-order chi connectivity index (χ0) is 10.7. The van der Waals surface area contributed by atoms with Crippen LogP contribution in [0.1, 0.15) is 24.3 Å². The van der Waals surface area contributed by atoms with E-state index in [4.69, 9.17) is 11.6 Å². The minimum absolute atomic E-state index is 0.659. The van der Waals surface area contributed by atoms with Gasteiger partial charge in [-0.05, 0) is 36.5 Å². The lowest BCUT2D eigenvalue weighted by Gasteiger charge is -2.36. The van der Waals surface area contributed by atoms with E-state index < -0.39 is 0 Å². The van der Waals surface area contributed by atoms with Gasteiger partial charge in [0.25, 0.3) is 0 Å². The molecule has 0 aliphatic heterocycles. The quantitative estimate of drug-likeness (QED) is 0.769. The van der Waals surface area contributed by atoms with Gasteiger partial charge in [0.05, 0.1) is 0 Å². The first kappa shape index (κ1) is 10.7. The van der Waals surface area contributed by atoms with Crippen molar-refractivity contribution >= 4 is 11.6 Å². The third-order valence-electron chi connectivity index (χ3n) is 3.01. The Kier molecular flexibility index (Phi) is 3.45. The third kappa shape index (κ3) is 2.61. The standard InChI is InChI=1S/C13H16ClN/c1-2-6-15-13-8-11(9-13)10-4-3-5-12(14)7-10/h2-5,7,11,13,15H,1,6,8-9H2. The van der Waals surface area contributed by atoms with Crippen LogP contribution in [0.5, 0.6) is 0 Å². The Hall–Kier alpha value is -0.790. The molecular weight excluding hydrogens is 206 g/mol. The molecule has 1 aliphatic rings. The minimum Gasteiger partial charge on any atom is -0.310 e. The maximum Gasteiger partial charge on any atom is 0.0408 e. The van der Waals surface area contributed by atoms with Crippen molar-refractivity contribution in [3.8, 4) is 0 Å². The highest BCUT2D eigenvalue weighted by Gasteiger charge is 2.29. The summed E-state index contributed by atoms with van der Waals surface area (Å²) in [6, 6.07) is 8.86. The van der Waals surface area contributed by atoms with Gasteiger partial charge in [-0.1, -0.05) is 29.8 Å². The summed E-state index contributed by atoms with van der Waals surface area (Å²) in [7, 11) is 0. The molecule has 1 nitrogen and oxygen atoms in total. The number of hydrogen-bond acceptors (Lipinski definition) is 1. The second-order valence-electron chi connectivity index (χ2n) is 4.12. The van der Waals surface area contributed by atoms with Gasteiger partial charge in [0.2, 0.25) is 0 Å². The van der Waals surface area contributed by atoms with Gasteiger partial charge in [0, 0.05) is 17.6 Å². The van der Waals surface area contributed by atoms with Crippen LogP contribution in [0.3, 0.4) is 0 Å². The van der Waals surface area contributed by atoms with E-state index in [-0.39, 0.29) is 0 Å². The Morgan fingerprint density at radius 3 is 2.93 bits per heavy atom. The molecule has 0 heterocycles. The number of benzene rings is 1. The monoisotopic (exact) mass is 221 g/mol. The summed E-state index contributed by atoms with van der Waals surface area (Å²) in [6.07, 6.45) is 4.34. The summed E-state index contributed by atoms with van der Waals surface area (Å²) in [5.74, 6) is 0.686. The van der Waals surface area contributed by atoms with Crippen LogP contribution < -0.4 is 5.32 Å². The predicted octanol–water partition coefficient (Wildman–Crippen LogP) is 3.36. The fraction of sp³-hybridized carbons (Fsp3) is 0.385. The Balaban J connectivity index is 1.86. The van der Waals surface area contributed by atoms with Crippen LogP contribution in [0.4, 0.5) is 0 Å². The van der Waals surface area contributed by atoms with E-state index in [1.54, 1.807) is 0 Å². The molecular formula is C13H16ClN. The zero-order valence-corrected chi connectivity index (χ0v) is 9.50. The molecule has 2 heteroatoms. The van der Waals surface area contributed by atoms with E-state index >= 15 is 0 Å². The summed E-state index contributed by atoms with van der Waals surface area (Å²) < 4.78 is 0. The van der Waals surface area contributed by atoms with E-state index in [1.807, 2.05) is 18.2 Å². The average molecular weight is 222 g/mol. The first-order valence-electron chi connectivity index (χ1n) is 5.39. The first-order valence-corrected chi connectivity index (χ1v) is 5.77. The smallest absolute Gasteiger partial charge is 0.0408 e. The Morgan fingerprint density at radius 1 is 1.47 bits per heavy atom. The number of nitrogens with one attached hydrogen (secondary N) is 1. The van der Waals surface area contributed by atoms with Crippen LogP contribution in [-0.2, 0) is 0 Å². The van der Waals surface area contributed by atoms with Crippen molar-refractivity contribution in [2.24, 2.45) is 0 Å². The molecule has 1 fully saturated rings. The van der Waals surface area contributed by atoms with E-state index in [9.17, 15) is 0 Å². The summed E-state index contributed by atoms with van der Waals surface area (Å²) in [4.78, 5) is 0. The van der Waals surface area contributed by atoms with Gasteiger partial charge >= 0.3 is 0 Å². The normalized spacial score (nSPS) is 24.6. The SMILES string of the molecule is C=CCNC1CC(c2cccc(Cl)c2)C1. The molecule has 15 heavy (non-hydrogen) atoms. The summed E-state index contributed by atoms with van der Waals surface area (Å²) in [5, 5.41) is 4.27. The fourth-order valence-corrected chi connectivity index (χ4v) is 2.27. The van der Waals surface area contributed by atoms with E-state index in [0.717, 1.165) is 11.6 Å². The van der Waals surface area contributed by atoms with Crippen molar-refractivity contribution in [1.29, 1.82) is 0 Å². The highest BCUT2D eigenvalue weighted by Crippen LogP contribution is 2.37. The van der Waals surface area contributed by atoms with Crippen molar-refractivity contribution in [3.05, 3.63) is 47.5 Å². The van der Waals surface area contributed by atoms with Crippen molar-refractivity contribution in [1.82, 2.24) is 5.32 Å². The van der Waals surface area contributed by atoms with Gasteiger partial charge in [-0.3, -0.25) is 0 Å². The van der Waals surface area contributed by atoms with Gasteiger partial charge < -0.3 is 5.32 Å². The Morgan fingerprint density at radius 2 is 2.27 bits per heavy atom. The summed E-state index contributed by atoms with van der Waals surface area (Å²) >= 11 is 5.96. The van der Waals surface area contributed by atoms with Gasteiger partial charge in [-0.15, -0.1) is 6.58 Å². The molecule has 0 saturated heterocycles. The Labute approximate surface area is 96.1 Å². The minimum atomic E-state index is 0.659. The fourth-order valence-electron chi connectivity index (χ4n) is 2.07. The largest absolute Gasteiger partial charge is 0.310 e. The second kappa shape index (κ2) is 4.82. The highest BCUT2D eigenvalue weighted by atomic mass is 35.5. The topological polar surface area (TPSA) is 12.0 Å². The van der Waals surface area contributed by atoms with Crippen LogP contribution in [0.15, 0.2) is 36.9 Å². The van der Waals surface area contributed by atoms with E-state index in [1.165, 1.54) is 18.4 Å².